The topological polar surface area (TPSA) is 93.5 Å². The summed E-state index contributed by atoms with van der Waals surface area (Å²) in [6.45, 7) is -0.305. The zero-order valence-corrected chi connectivity index (χ0v) is 10.9. The first-order valence-electron chi connectivity index (χ1n) is 6.11. The molecule has 0 aliphatic rings. The summed E-state index contributed by atoms with van der Waals surface area (Å²) in [7, 11) is 0. The van der Waals surface area contributed by atoms with E-state index in [0.717, 1.165) is 0 Å². The Kier molecular flexibility index (Phi) is 3.34. The second-order valence-electron chi connectivity index (χ2n) is 4.05. The fourth-order valence-corrected chi connectivity index (χ4v) is 1.80. The minimum Gasteiger partial charge on any atom is -0.417 e. The fourth-order valence-electron chi connectivity index (χ4n) is 1.80. The predicted octanol–water partition coefficient (Wildman–Crippen LogP) is 1.91. The molecule has 3 rings (SSSR count). The van der Waals surface area contributed by atoms with E-state index in [-0.39, 0.29) is 5.88 Å². The molecular formula is C11H11F2N7O. The van der Waals surface area contributed by atoms with Crippen LogP contribution in [0, 0.1) is 0 Å². The summed E-state index contributed by atoms with van der Waals surface area (Å²) in [5.41, 5.74) is 1.30. The summed E-state index contributed by atoms with van der Waals surface area (Å²) in [5, 5.41) is 13.1. The Bertz CT molecular complexity index is 754. The van der Waals surface area contributed by atoms with Crippen LogP contribution in [0.15, 0.2) is 18.5 Å². The number of H-pyrrole nitrogens is 1. The van der Waals surface area contributed by atoms with Gasteiger partial charge in [0.15, 0.2) is 17.3 Å². The molecule has 0 atom stereocenters. The number of aromatic amines is 1. The van der Waals surface area contributed by atoms with Gasteiger partial charge in [-0.1, -0.05) is 0 Å². The summed E-state index contributed by atoms with van der Waals surface area (Å²) in [6, 6.07) is 1.30. The van der Waals surface area contributed by atoms with Crippen LogP contribution in [-0.4, -0.2) is 36.6 Å². The van der Waals surface area contributed by atoms with Gasteiger partial charge in [-0.05, 0) is 6.92 Å². The smallest absolute Gasteiger partial charge is 0.388 e. The van der Waals surface area contributed by atoms with Gasteiger partial charge in [-0.3, -0.25) is 0 Å². The Hall–Kier alpha value is -2.78. The largest absolute Gasteiger partial charge is 0.417 e. The summed E-state index contributed by atoms with van der Waals surface area (Å²) in [4.78, 5) is 8.56. The van der Waals surface area contributed by atoms with Crippen LogP contribution in [-0.2, 0) is 6.54 Å². The quantitative estimate of drug-likeness (QED) is 0.747. The van der Waals surface area contributed by atoms with Gasteiger partial charge in [0.25, 0.3) is 0 Å². The molecule has 0 aromatic carbocycles. The van der Waals surface area contributed by atoms with E-state index in [1.54, 1.807) is 10.9 Å². The van der Waals surface area contributed by atoms with Crippen LogP contribution < -0.4 is 10.1 Å². The third-order valence-corrected chi connectivity index (χ3v) is 2.67. The highest BCUT2D eigenvalue weighted by molar-refractivity contribution is 5.71. The Morgan fingerprint density at radius 3 is 3.00 bits per heavy atom. The van der Waals surface area contributed by atoms with Crippen LogP contribution in [0.4, 0.5) is 20.4 Å². The molecule has 21 heavy (non-hydrogen) atoms. The van der Waals surface area contributed by atoms with Crippen molar-refractivity contribution in [1.82, 2.24) is 29.9 Å². The van der Waals surface area contributed by atoms with Gasteiger partial charge < -0.3 is 10.1 Å². The second-order valence-corrected chi connectivity index (χ2v) is 4.05. The van der Waals surface area contributed by atoms with Crippen molar-refractivity contribution in [3.8, 4) is 5.88 Å². The summed E-state index contributed by atoms with van der Waals surface area (Å²) >= 11 is 0. The standard InChI is InChI=1S/C11H11F2N7O/c1-2-20-10-6(4-15-20)14-5-8(17-10)16-7-3-9(19-18-7)21-11(12)13/h3-5,11H,2H2,1H3,(H2,16,17,18,19). The molecule has 0 saturated heterocycles. The number of nitrogens with zero attached hydrogens (tertiary/aromatic N) is 5. The molecule has 0 bridgehead atoms. The Morgan fingerprint density at radius 1 is 1.38 bits per heavy atom. The molecule has 0 amide bonds. The molecule has 0 aliphatic heterocycles. The lowest BCUT2D eigenvalue weighted by Gasteiger charge is -2.02. The van der Waals surface area contributed by atoms with Crippen LogP contribution in [0.25, 0.3) is 11.2 Å². The predicted molar refractivity (Wildman–Crippen MR) is 69.5 cm³/mol. The van der Waals surface area contributed by atoms with Gasteiger partial charge in [-0.25, -0.2) is 19.7 Å². The van der Waals surface area contributed by atoms with Crippen molar-refractivity contribution in [2.75, 3.05) is 5.32 Å². The van der Waals surface area contributed by atoms with Gasteiger partial charge in [-0.15, -0.1) is 0 Å². The fraction of sp³-hybridized carbons (Fsp3) is 0.273. The first-order chi connectivity index (χ1) is 10.2. The molecule has 0 unspecified atom stereocenters. The minimum absolute atomic E-state index is 0.139. The van der Waals surface area contributed by atoms with Crippen molar-refractivity contribution >= 4 is 22.8 Å². The lowest BCUT2D eigenvalue weighted by molar-refractivity contribution is -0.0528. The highest BCUT2D eigenvalue weighted by Gasteiger charge is 2.10. The molecular weight excluding hydrogens is 284 g/mol. The lowest BCUT2D eigenvalue weighted by Crippen LogP contribution is -2.01. The average molecular weight is 295 g/mol. The van der Waals surface area contributed by atoms with Gasteiger partial charge in [0.2, 0.25) is 5.88 Å². The first-order valence-corrected chi connectivity index (χ1v) is 6.11. The summed E-state index contributed by atoms with van der Waals surface area (Å²) in [6.07, 6.45) is 3.13. The Balaban J connectivity index is 1.82. The van der Waals surface area contributed by atoms with Gasteiger partial charge in [0.1, 0.15) is 5.52 Å². The van der Waals surface area contributed by atoms with Crippen LogP contribution in [0.1, 0.15) is 6.92 Å². The number of hydrogen-bond acceptors (Lipinski definition) is 6. The van der Waals surface area contributed by atoms with Crippen LogP contribution >= 0.6 is 0 Å². The summed E-state index contributed by atoms with van der Waals surface area (Å²) < 4.78 is 30.0. The van der Waals surface area contributed by atoms with Crippen molar-refractivity contribution < 1.29 is 13.5 Å². The highest BCUT2D eigenvalue weighted by atomic mass is 19.3. The van der Waals surface area contributed by atoms with E-state index in [9.17, 15) is 8.78 Å². The molecule has 10 heteroatoms. The number of rotatable bonds is 5. The Labute approximate surface area is 117 Å². The van der Waals surface area contributed by atoms with Crippen molar-refractivity contribution in [3.63, 3.8) is 0 Å². The van der Waals surface area contributed by atoms with Crippen molar-refractivity contribution in [2.24, 2.45) is 0 Å². The number of anilines is 2. The molecule has 0 aliphatic carbocycles. The molecule has 0 saturated carbocycles. The van der Waals surface area contributed by atoms with E-state index in [4.69, 9.17) is 0 Å². The molecule has 0 radical (unpaired) electrons. The monoisotopic (exact) mass is 295 g/mol. The molecule has 0 spiro atoms. The average Bonchev–Trinajstić information content (AvgIpc) is 3.04. The van der Waals surface area contributed by atoms with Crippen LogP contribution in [0.5, 0.6) is 5.88 Å². The van der Waals surface area contributed by atoms with E-state index in [0.29, 0.717) is 29.3 Å². The number of halogens is 2. The third kappa shape index (κ3) is 2.73. The summed E-state index contributed by atoms with van der Waals surface area (Å²) in [5.74, 6) is 0.579. The second kappa shape index (κ2) is 5.31. The number of aryl methyl sites for hydroxylation is 1. The SMILES string of the molecule is CCn1ncc2ncc(Nc3cc(OC(F)F)[nH]n3)nc21. The first kappa shape index (κ1) is 13.2. The minimum atomic E-state index is -2.91. The number of fused-ring (bicyclic) bond motifs is 1. The number of hydrogen-bond donors (Lipinski definition) is 2. The number of alkyl halides is 2. The van der Waals surface area contributed by atoms with Gasteiger partial charge in [0.05, 0.1) is 12.4 Å². The number of ether oxygens (including phenoxy) is 1. The molecule has 3 aromatic rings. The highest BCUT2D eigenvalue weighted by Crippen LogP contribution is 2.19. The van der Waals surface area contributed by atoms with Crippen molar-refractivity contribution in [1.29, 1.82) is 0 Å². The molecule has 0 fully saturated rings. The van der Waals surface area contributed by atoms with E-state index in [2.05, 4.69) is 35.3 Å². The van der Waals surface area contributed by atoms with Crippen molar-refractivity contribution in [3.05, 3.63) is 18.5 Å². The number of nitrogens with one attached hydrogen (secondary N) is 2. The maximum atomic E-state index is 12.1. The van der Waals surface area contributed by atoms with E-state index < -0.39 is 6.61 Å². The van der Waals surface area contributed by atoms with Gasteiger partial charge in [-0.2, -0.15) is 19.0 Å². The number of aromatic nitrogens is 6. The van der Waals surface area contributed by atoms with E-state index in [1.807, 2.05) is 6.92 Å². The molecule has 110 valence electrons. The van der Waals surface area contributed by atoms with Crippen LogP contribution in [0.2, 0.25) is 0 Å². The maximum absolute atomic E-state index is 12.1. The maximum Gasteiger partial charge on any atom is 0.388 e. The third-order valence-electron chi connectivity index (χ3n) is 2.67. The van der Waals surface area contributed by atoms with E-state index >= 15 is 0 Å². The van der Waals surface area contributed by atoms with E-state index in [1.165, 1.54) is 12.3 Å². The Morgan fingerprint density at radius 2 is 2.24 bits per heavy atom. The molecule has 3 aromatic heterocycles. The van der Waals surface area contributed by atoms with Crippen molar-refractivity contribution in [2.45, 2.75) is 20.1 Å². The van der Waals surface area contributed by atoms with Crippen LogP contribution in [0.3, 0.4) is 0 Å². The molecule has 8 nitrogen and oxygen atoms in total. The normalized spacial score (nSPS) is 11.2. The molecule has 2 N–H and O–H groups in total. The molecule has 3 heterocycles. The van der Waals surface area contributed by atoms with Gasteiger partial charge >= 0.3 is 6.61 Å². The lowest BCUT2D eigenvalue weighted by atomic mass is 10.5. The zero-order valence-electron chi connectivity index (χ0n) is 10.9. The van der Waals surface area contributed by atoms with Gasteiger partial charge in [0, 0.05) is 12.6 Å². The zero-order chi connectivity index (χ0) is 14.8.